The number of anilines is 6. The Morgan fingerprint density at radius 1 is 0.276 bits per heavy atom. The Bertz CT molecular complexity index is 3090. The molecule has 0 saturated heterocycles. The molecule has 0 radical (unpaired) electrons. The molecule has 0 spiro atoms. The van der Waals surface area contributed by atoms with Gasteiger partial charge in [0.1, 0.15) is 0 Å². The minimum Gasteiger partial charge on any atom is -0.308 e. The van der Waals surface area contributed by atoms with E-state index in [2.05, 4.69) is 171 Å². The van der Waals surface area contributed by atoms with Crippen LogP contribution in [0.25, 0.3) is 22.3 Å². The van der Waals surface area contributed by atoms with Crippen LogP contribution in [0.15, 0.2) is 133 Å². The van der Waals surface area contributed by atoms with Crippen LogP contribution in [0.3, 0.4) is 0 Å². The fraction of sp³-hybridized carbons (Fsp3) is 0.0769. The maximum atomic E-state index is 2.80. The van der Waals surface area contributed by atoms with Crippen LogP contribution in [-0.4, -0.2) is 26.9 Å². The summed E-state index contributed by atoms with van der Waals surface area (Å²) in [4.78, 5) is 5.59. The molecule has 0 aliphatic carbocycles. The highest BCUT2D eigenvalue weighted by molar-refractivity contribution is 7.07. The third-order valence-electron chi connectivity index (χ3n) is 15.2. The van der Waals surface area contributed by atoms with E-state index in [4.69, 9.17) is 0 Å². The van der Waals surface area contributed by atoms with E-state index >= 15 is 0 Å². The molecule has 7 aliphatic rings. The number of hydrogen-bond acceptors (Lipinski definition) is 2. The molecular weight excluding hydrogens is 696 g/mol. The van der Waals surface area contributed by atoms with Crippen molar-refractivity contribution in [1.82, 2.24) is 0 Å². The van der Waals surface area contributed by atoms with Crippen LogP contribution in [0, 0.1) is 27.7 Å². The van der Waals surface area contributed by atoms with Crippen molar-refractivity contribution in [3.8, 4) is 22.3 Å². The molecule has 7 heterocycles. The summed E-state index contributed by atoms with van der Waals surface area (Å²) >= 11 is 0. The number of nitrogens with zero attached hydrogens (tertiary/aromatic N) is 2. The molecule has 0 fully saturated rings. The molecule has 2 nitrogen and oxygen atoms in total. The third kappa shape index (κ3) is 3.33. The normalized spacial score (nSPS) is 15.0. The van der Waals surface area contributed by atoms with E-state index < -0.39 is 0 Å². The first kappa shape index (κ1) is 30.7. The Morgan fingerprint density at radius 3 is 0.983 bits per heavy atom. The molecule has 0 unspecified atom stereocenters. The summed E-state index contributed by atoms with van der Waals surface area (Å²) in [6, 6.07) is 53.2. The predicted molar refractivity (Wildman–Crippen MR) is 251 cm³/mol. The molecule has 7 aliphatic heterocycles. The van der Waals surface area contributed by atoms with Crippen molar-refractivity contribution in [3.05, 3.63) is 156 Å². The molecule has 0 N–H and O–H groups in total. The van der Waals surface area contributed by atoms with Gasteiger partial charge >= 0.3 is 0 Å². The summed E-state index contributed by atoms with van der Waals surface area (Å²) in [7, 11) is 0. The van der Waals surface area contributed by atoms with E-state index in [-0.39, 0.29) is 26.9 Å². The molecule has 264 valence electrons. The Balaban J connectivity index is 1.14. The lowest BCUT2D eigenvalue weighted by atomic mass is 9.28. The van der Waals surface area contributed by atoms with E-state index in [0.717, 1.165) is 0 Å². The fourth-order valence-corrected chi connectivity index (χ4v) is 12.9. The van der Waals surface area contributed by atoms with Crippen molar-refractivity contribution in [2.24, 2.45) is 0 Å². The van der Waals surface area contributed by atoms with Crippen molar-refractivity contribution >= 4 is 127 Å². The average Bonchev–Trinajstić information content (AvgIpc) is 3.75. The number of fused-ring (bicyclic) bond motifs is 8. The smallest absolute Gasteiger partial charge is 0.248 e. The molecule has 0 saturated carbocycles. The van der Waals surface area contributed by atoms with E-state index in [9.17, 15) is 0 Å². The molecule has 15 rings (SSSR count). The first-order valence-electron chi connectivity index (χ1n) is 21.1. The van der Waals surface area contributed by atoms with Gasteiger partial charge in [0.15, 0.2) is 0 Å². The van der Waals surface area contributed by atoms with Crippen molar-refractivity contribution in [2.45, 2.75) is 27.7 Å². The molecule has 6 heteroatoms. The van der Waals surface area contributed by atoms with Gasteiger partial charge in [0.05, 0.1) is 22.7 Å². The van der Waals surface area contributed by atoms with Crippen LogP contribution < -0.4 is 75.4 Å². The first-order chi connectivity index (χ1) is 28.4. The van der Waals surface area contributed by atoms with Gasteiger partial charge in [-0.25, -0.2) is 0 Å². The minimum absolute atomic E-state index is 0.111. The van der Waals surface area contributed by atoms with Gasteiger partial charge in [-0.1, -0.05) is 178 Å². The molecule has 0 amide bonds. The highest BCUT2D eigenvalue weighted by atomic mass is 15.3. The Morgan fingerprint density at radius 2 is 0.586 bits per heavy atom. The summed E-state index contributed by atoms with van der Waals surface area (Å²) < 4.78 is 0. The molecular formula is C52H34B4N2. The third-order valence-corrected chi connectivity index (χ3v) is 15.2. The zero-order valence-electron chi connectivity index (χ0n) is 32.9. The first-order valence-corrected chi connectivity index (χ1v) is 21.1. The number of rotatable bonds is 2. The lowest BCUT2D eigenvalue weighted by molar-refractivity contribution is 1.19. The minimum atomic E-state index is 0.111. The maximum absolute atomic E-state index is 2.80. The Kier molecular flexibility index (Phi) is 5.30. The standard InChI is InChI=1S/C52H34B4N2/c1-27-5-11-31(12-6-27)53-39-19-15-33-35-25-29(3)9-17-37(35)55-43-23-24-44-52-51(43)57(47(39)45(33)55)49-41(53)21-22-42-50(49)58(52)48-40(54(42)32-13-7-28(2)8-14-32)20-16-34-36-26-30(4)10-18-38(36)56(44)46(34)48/h5-26H,1-4H3. The maximum Gasteiger partial charge on any atom is 0.248 e. The SMILES string of the molecule is Cc1ccc(B2c3ccc4c5c3N3c6c2ccc2c6N6c7c(ccc8c7B(c7ccc(C)cc7-8)c7ccc(c3c76)B5c3ccc(C)cc3-4)B2c2ccc(C)cc2)cc1. The van der Waals surface area contributed by atoms with Crippen molar-refractivity contribution in [3.63, 3.8) is 0 Å². The van der Waals surface area contributed by atoms with Gasteiger partial charge in [-0.3, -0.25) is 0 Å². The van der Waals surface area contributed by atoms with Gasteiger partial charge in [0, 0.05) is 11.4 Å². The van der Waals surface area contributed by atoms with E-state index in [1.165, 1.54) is 144 Å². The summed E-state index contributed by atoms with van der Waals surface area (Å²) in [5.41, 5.74) is 36.4. The highest BCUT2D eigenvalue weighted by Crippen LogP contribution is 2.57. The lowest BCUT2D eigenvalue weighted by Gasteiger charge is -2.54. The van der Waals surface area contributed by atoms with Gasteiger partial charge in [-0.15, -0.1) is 0 Å². The summed E-state index contributed by atoms with van der Waals surface area (Å²) in [6.07, 6.45) is 0. The predicted octanol–water partition coefficient (Wildman–Crippen LogP) is 3.45. The van der Waals surface area contributed by atoms with Crippen LogP contribution in [0.4, 0.5) is 34.1 Å². The molecule has 8 aromatic rings. The summed E-state index contributed by atoms with van der Waals surface area (Å²) in [5.74, 6) is 0. The van der Waals surface area contributed by atoms with Crippen molar-refractivity contribution < 1.29 is 0 Å². The largest absolute Gasteiger partial charge is 0.308 e. The molecule has 58 heavy (non-hydrogen) atoms. The zero-order valence-corrected chi connectivity index (χ0v) is 32.9. The number of benzene rings is 8. The van der Waals surface area contributed by atoms with Crippen LogP contribution in [-0.2, 0) is 0 Å². The highest BCUT2D eigenvalue weighted by Gasteiger charge is 2.57. The summed E-state index contributed by atoms with van der Waals surface area (Å²) in [5, 5.41) is 0. The summed E-state index contributed by atoms with van der Waals surface area (Å²) in [6.45, 7) is 9.48. The van der Waals surface area contributed by atoms with Gasteiger partial charge in [0.2, 0.25) is 26.9 Å². The fourth-order valence-electron chi connectivity index (χ4n) is 12.9. The van der Waals surface area contributed by atoms with Crippen molar-refractivity contribution in [2.75, 3.05) is 9.80 Å². The van der Waals surface area contributed by atoms with Crippen molar-refractivity contribution in [1.29, 1.82) is 0 Å². The molecule has 0 aromatic heterocycles. The van der Waals surface area contributed by atoms with Crippen LogP contribution in [0.2, 0.25) is 0 Å². The second kappa shape index (κ2) is 10.0. The Labute approximate surface area is 340 Å². The quantitative estimate of drug-likeness (QED) is 0.252. The van der Waals surface area contributed by atoms with Crippen LogP contribution in [0.1, 0.15) is 22.3 Å². The molecule has 8 aromatic carbocycles. The van der Waals surface area contributed by atoms with Gasteiger partial charge < -0.3 is 9.80 Å². The van der Waals surface area contributed by atoms with Gasteiger partial charge in [-0.05, 0) is 93.7 Å². The number of aryl methyl sites for hydroxylation is 4. The van der Waals surface area contributed by atoms with Crippen LogP contribution in [0.5, 0.6) is 0 Å². The zero-order chi connectivity index (χ0) is 38.0. The van der Waals surface area contributed by atoms with Crippen LogP contribution >= 0.6 is 0 Å². The van der Waals surface area contributed by atoms with Gasteiger partial charge in [-0.2, -0.15) is 0 Å². The van der Waals surface area contributed by atoms with E-state index in [1.807, 2.05) is 0 Å². The second-order valence-corrected chi connectivity index (χ2v) is 18.2. The monoisotopic (exact) mass is 730 g/mol. The van der Waals surface area contributed by atoms with E-state index in [1.54, 1.807) is 0 Å². The number of hydrogen-bond donors (Lipinski definition) is 0. The Hall–Kier alpha value is -6.38. The topological polar surface area (TPSA) is 6.48 Å². The lowest BCUT2D eigenvalue weighted by Crippen LogP contribution is -2.69. The second-order valence-electron chi connectivity index (χ2n) is 18.2. The molecule has 0 bridgehead atoms. The van der Waals surface area contributed by atoms with E-state index in [0.29, 0.717) is 0 Å². The van der Waals surface area contributed by atoms with Gasteiger partial charge in [0.25, 0.3) is 0 Å². The molecule has 0 atom stereocenters. The average molecular weight is 730 g/mol.